The van der Waals surface area contributed by atoms with E-state index >= 15 is 0 Å². The second kappa shape index (κ2) is 11.8. The zero-order valence-electron chi connectivity index (χ0n) is 15.2. The summed E-state index contributed by atoms with van der Waals surface area (Å²) in [4.78, 5) is 4.71. The van der Waals surface area contributed by atoms with E-state index in [4.69, 9.17) is 9.73 Å². The zero-order valence-corrected chi connectivity index (χ0v) is 17.6. The van der Waals surface area contributed by atoms with Crippen LogP contribution in [-0.4, -0.2) is 37.3 Å². The lowest BCUT2D eigenvalue weighted by Gasteiger charge is -2.16. The summed E-state index contributed by atoms with van der Waals surface area (Å²) in [6, 6.07) is 12.2. The Labute approximate surface area is 167 Å². The molecular formula is C19H29IN4O. The summed E-state index contributed by atoms with van der Waals surface area (Å²) in [5, 5.41) is 6.68. The van der Waals surface area contributed by atoms with Crippen molar-refractivity contribution < 1.29 is 4.74 Å². The minimum Gasteiger partial charge on any atom is -0.496 e. The Morgan fingerprint density at radius 2 is 1.88 bits per heavy atom. The van der Waals surface area contributed by atoms with Crippen molar-refractivity contribution in [2.24, 2.45) is 4.99 Å². The molecule has 0 aliphatic carbocycles. The highest BCUT2D eigenvalue weighted by molar-refractivity contribution is 14.0. The van der Waals surface area contributed by atoms with E-state index in [1.807, 2.05) is 30.3 Å². The van der Waals surface area contributed by atoms with Gasteiger partial charge in [-0.25, -0.2) is 0 Å². The summed E-state index contributed by atoms with van der Waals surface area (Å²) < 4.78 is 7.59. The van der Waals surface area contributed by atoms with E-state index in [0.717, 1.165) is 31.3 Å². The van der Waals surface area contributed by atoms with Crippen LogP contribution >= 0.6 is 24.0 Å². The topological polar surface area (TPSA) is 50.6 Å². The smallest absolute Gasteiger partial charge is 0.191 e. The standard InChI is InChI=1S/C19H28N4O.HI/c1-4-20-19(21-11-14-23-12-7-8-13-23)22-15-16(2)17-9-5-6-10-18(17)24-3;/h5-10,12-13,16H,4,11,14-15H2,1-3H3,(H2,20,21,22);1H. The van der Waals surface area contributed by atoms with Crippen LogP contribution in [0.25, 0.3) is 0 Å². The number of rotatable bonds is 8. The lowest BCUT2D eigenvalue weighted by molar-refractivity contribution is 0.407. The molecule has 0 amide bonds. The first-order valence-corrected chi connectivity index (χ1v) is 8.50. The number of hydrogen-bond acceptors (Lipinski definition) is 2. The average Bonchev–Trinajstić information content (AvgIpc) is 3.12. The summed E-state index contributed by atoms with van der Waals surface area (Å²) in [6.45, 7) is 7.55. The first-order chi connectivity index (χ1) is 11.7. The van der Waals surface area contributed by atoms with Crippen LogP contribution in [0.4, 0.5) is 0 Å². The molecule has 25 heavy (non-hydrogen) atoms. The van der Waals surface area contributed by atoms with Crippen molar-refractivity contribution in [3.05, 3.63) is 54.4 Å². The molecule has 1 unspecified atom stereocenters. The highest BCUT2D eigenvalue weighted by atomic mass is 127. The molecule has 2 N–H and O–H groups in total. The normalized spacial score (nSPS) is 12.2. The van der Waals surface area contributed by atoms with Crippen LogP contribution in [0.1, 0.15) is 25.3 Å². The van der Waals surface area contributed by atoms with Crippen molar-refractivity contribution in [3.63, 3.8) is 0 Å². The van der Waals surface area contributed by atoms with E-state index in [1.54, 1.807) is 7.11 Å². The fraction of sp³-hybridized carbons (Fsp3) is 0.421. The van der Waals surface area contributed by atoms with Crippen molar-refractivity contribution >= 4 is 29.9 Å². The maximum absolute atomic E-state index is 5.44. The van der Waals surface area contributed by atoms with Crippen LogP contribution in [0.5, 0.6) is 5.75 Å². The average molecular weight is 456 g/mol. The SMILES string of the molecule is CCNC(=NCC(C)c1ccccc1OC)NCCn1cccc1.I. The summed E-state index contributed by atoms with van der Waals surface area (Å²) in [6.07, 6.45) is 4.13. The first-order valence-electron chi connectivity index (χ1n) is 8.50. The molecule has 6 heteroatoms. The third kappa shape index (κ3) is 6.97. The van der Waals surface area contributed by atoms with E-state index in [9.17, 15) is 0 Å². The van der Waals surface area contributed by atoms with Gasteiger partial charge >= 0.3 is 0 Å². The number of nitrogens with zero attached hydrogens (tertiary/aromatic N) is 2. The minimum atomic E-state index is 0. The Morgan fingerprint density at radius 3 is 2.56 bits per heavy atom. The van der Waals surface area contributed by atoms with Gasteiger partial charge in [0, 0.05) is 44.5 Å². The van der Waals surface area contributed by atoms with Crippen molar-refractivity contribution in [1.29, 1.82) is 0 Å². The number of ether oxygens (including phenoxy) is 1. The molecule has 5 nitrogen and oxygen atoms in total. The van der Waals surface area contributed by atoms with E-state index in [2.05, 4.69) is 47.5 Å². The van der Waals surface area contributed by atoms with Gasteiger partial charge in [0.05, 0.1) is 7.11 Å². The number of aliphatic imine (C=N–C) groups is 1. The maximum atomic E-state index is 5.44. The predicted molar refractivity (Wildman–Crippen MR) is 115 cm³/mol. The van der Waals surface area contributed by atoms with Gasteiger partial charge in [0.2, 0.25) is 0 Å². The quantitative estimate of drug-likeness (QED) is 0.364. The molecule has 0 spiro atoms. The number of methoxy groups -OCH3 is 1. The van der Waals surface area contributed by atoms with Crippen LogP contribution in [-0.2, 0) is 6.54 Å². The van der Waals surface area contributed by atoms with Crippen LogP contribution in [0.2, 0.25) is 0 Å². The number of benzene rings is 1. The van der Waals surface area contributed by atoms with Gasteiger partial charge in [-0.2, -0.15) is 0 Å². The molecule has 0 aliphatic rings. The molecule has 0 aliphatic heterocycles. The highest BCUT2D eigenvalue weighted by Gasteiger charge is 2.10. The van der Waals surface area contributed by atoms with Gasteiger partial charge < -0.3 is 19.9 Å². The van der Waals surface area contributed by atoms with Gasteiger partial charge in [0.25, 0.3) is 0 Å². The molecule has 2 aromatic rings. The van der Waals surface area contributed by atoms with E-state index < -0.39 is 0 Å². The third-order valence-corrected chi connectivity index (χ3v) is 3.87. The van der Waals surface area contributed by atoms with Gasteiger partial charge in [0.1, 0.15) is 5.75 Å². The number of nitrogens with one attached hydrogen (secondary N) is 2. The molecule has 2 rings (SSSR count). The third-order valence-electron chi connectivity index (χ3n) is 3.87. The van der Waals surface area contributed by atoms with Crippen LogP contribution in [0.3, 0.4) is 0 Å². The molecule has 1 heterocycles. The van der Waals surface area contributed by atoms with Crippen molar-refractivity contribution in [2.75, 3.05) is 26.7 Å². The van der Waals surface area contributed by atoms with E-state index in [1.165, 1.54) is 5.56 Å². The molecule has 138 valence electrons. The minimum absolute atomic E-state index is 0. The highest BCUT2D eigenvalue weighted by Crippen LogP contribution is 2.26. The Balaban J connectivity index is 0.00000312. The number of hydrogen-bond donors (Lipinski definition) is 2. The van der Waals surface area contributed by atoms with E-state index in [0.29, 0.717) is 12.5 Å². The largest absolute Gasteiger partial charge is 0.496 e. The van der Waals surface area contributed by atoms with Crippen LogP contribution in [0, 0.1) is 0 Å². The van der Waals surface area contributed by atoms with Gasteiger partial charge in [-0.05, 0) is 30.7 Å². The molecule has 0 saturated carbocycles. The number of guanidine groups is 1. The van der Waals surface area contributed by atoms with Crippen molar-refractivity contribution in [3.8, 4) is 5.75 Å². The molecule has 1 aromatic heterocycles. The number of para-hydroxylation sites is 1. The fourth-order valence-electron chi connectivity index (χ4n) is 2.56. The molecular weight excluding hydrogens is 427 g/mol. The van der Waals surface area contributed by atoms with Gasteiger partial charge in [0.15, 0.2) is 5.96 Å². The second-order valence-electron chi connectivity index (χ2n) is 5.71. The number of halogens is 1. The number of aromatic nitrogens is 1. The van der Waals surface area contributed by atoms with Crippen molar-refractivity contribution in [2.45, 2.75) is 26.3 Å². The summed E-state index contributed by atoms with van der Waals surface area (Å²) in [5.41, 5.74) is 1.19. The summed E-state index contributed by atoms with van der Waals surface area (Å²) in [5.74, 6) is 2.07. The Hall–Kier alpha value is -1.70. The molecule has 1 aromatic carbocycles. The lowest BCUT2D eigenvalue weighted by atomic mass is 10.0. The van der Waals surface area contributed by atoms with Crippen LogP contribution < -0.4 is 15.4 Å². The fourth-order valence-corrected chi connectivity index (χ4v) is 2.56. The van der Waals surface area contributed by atoms with Crippen LogP contribution in [0.15, 0.2) is 53.8 Å². The van der Waals surface area contributed by atoms with Crippen molar-refractivity contribution in [1.82, 2.24) is 15.2 Å². The Morgan fingerprint density at radius 1 is 1.16 bits per heavy atom. The van der Waals surface area contributed by atoms with Gasteiger partial charge in [-0.15, -0.1) is 24.0 Å². The summed E-state index contributed by atoms with van der Waals surface area (Å²) >= 11 is 0. The van der Waals surface area contributed by atoms with Gasteiger partial charge in [-0.3, -0.25) is 4.99 Å². The maximum Gasteiger partial charge on any atom is 0.191 e. The second-order valence-corrected chi connectivity index (χ2v) is 5.71. The summed E-state index contributed by atoms with van der Waals surface area (Å²) in [7, 11) is 1.71. The van der Waals surface area contributed by atoms with E-state index in [-0.39, 0.29) is 24.0 Å². The Kier molecular flexibility index (Phi) is 10.1. The first kappa shape index (κ1) is 21.3. The molecule has 0 radical (unpaired) electrons. The lowest BCUT2D eigenvalue weighted by Crippen LogP contribution is -2.39. The zero-order chi connectivity index (χ0) is 17.2. The molecule has 0 fully saturated rings. The molecule has 0 bridgehead atoms. The van der Waals surface area contributed by atoms with Gasteiger partial charge in [-0.1, -0.05) is 25.1 Å². The molecule has 1 atom stereocenters. The molecule has 0 saturated heterocycles. The predicted octanol–water partition coefficient (Wildman–Crippen LogP) is 3.47. The Bertz CT molecular complexity index is 628. The monoisotopic (exact) mass is 456 g/mol.